The summed E-state index contributed by atoms with van der Waals surface area (Å²) in [5, 5.41) is 3.27. The Bertz CT molecular complexity index is 1400. The Morgan fingerprint density at radius 1 is 1.08 bits per heavy atom. The van der Waals surface area contributed by atoms with Crippen molar-refractivity contribution in [2.45, 2.75) is 48.8 Å². The number of hydrogen-bond donors (Lipinski definition) is 1. The smallest absolute Gasteiger partial charge is 0.351 e. The van der Waals surface area contributed by atoms with E-state index in [0.717, 1.165) is 50.2 Å². The predicted molar refractivity (Wildman–Crippen MR) is 127 cm³/mol. The molecule has 11 heteroatoms. The molecular weight excluding hydrogens is 496 g/mol. The summed E-state index contributed by atoms with van der Waals surface area (Å²) in [4.78, 5) is 10.6. The Morgan fingerprint density at radius 2 is 1.89 bits per heavy atom. The molecule has 6 rings (SSSR count). The van der Waals surface area contributed by atoms with E-state index >= 15 is 0 Å². The largest absolute Gasteiger partial charge is 0.418 e. The predicted octanol–water partition coefficient (Wildman–Crippen LogP) is 4.52. The van der Waals surface area contributed by atoms with E-state index in [1.54, 1.807) is 12.1 Å². The molecule has 3 aliphatic rings. The molecule has 0 radical (unpaired) electrons. The average Bonchev–Trinajstić information content (AvgIpc) is 2.85. The molecule has 1 N–H and O–H groups in total. The summed E-state index contributed by atoms with van der Waals surface area (Å²) in [6.07, 6.45) is -2.70. The molecule has 190 valence electrons. The fraction of sp³-hybridized carbons (Fsp3) is 0.360. The van der Waals surface area contributed by atoms with Crippen LogP contribution < -0.4 is 10.2 Å². The molecule has 2 aromatic heterocycles. The molecule has 2 atom stereocenters. The van der Waals surface area contributed by atoms with Crippen molar-refractivity contribution >= 4 is 15.7 Å². The molecule has 0 spiro atoms. The third-order valence-electron chi connectivity index (χ3n) is 6.72. The number of hydrogen-bond acceptors (Lipinski definition) is 6. The van der Waals surface area contributed by atoms with Gasteiger partial charge in [-0.05, 0) is 61.7 Å². The van der Waals surface area contributed by atoms with Crippen molar-refractivity contribution in [1.29, 1.82) is 0 Å². The van der Waals surface area contributed by atoms with Crippen LogP contribution in [0.25, 0.3) is 11.3 Å². The number of sulfone groups is 1. The summed E-state index contributed by atoms with van der Waals surface area (Å²) in [6.45, 7) is 3.08. The first kappa shape index (κ1) is 24.6. The lowest BCUT2D eigenvalue weighted by Gasteiger charge is -2.46. The van der Waals surface area contributed by atoms with E-state index < -0.39 is 38.8 Å². The highest BCUT2D eigenvalue weighted by Gasteiger charge is 2.36. The number of halogens is 4. The van der Waals surface area contributed by atoms with Gasteiger partial charge in [-0.25, -0.2) is 17.8 Å². The van der Waals surface area contributed by atoms with Crippen molar-refractivity contribution in [3.63, 3.8) is 0 Å². The van der Waals surface area contributed by atoms with E-state index in [1.165, 1.54) is 19.1 Å². The van der Waals surface area contributed by atoms with E-state index in [4.69, 9.17) is 0 Å². The zero-order valence-corrected chi connectivity index (χ0v) is 20.2. The van der Waals surface area contributed by atoms with Crippen LogP contribution in [0.1, 0.15) is 29.7 Å². The molecule has 1 aromatic carbocycles. The third-order valence-corrected chi connectivity index (χ3v) is 8.26. The molecule has 0 aliphatic carbocycles. The number of piperazine rings is 1. The SMILES string of the molecule is Cc1ccc(F)cc1-c1nc(CS(=O)(=O)c2cccc(N3CC4CCC3CN4)n2)ccc1C(F)(F)F. The second-order valence-electron chi connectivity index (χ2n) is 9.24. The van der Waals surface area contributed by atoms with E-state index in [1.807, 2.05) is 0 Å². The first-order chi connectivity index (χ1) is 17.0. The number of aryl methyl sites for hydroxylation is 1. The van der Waals surface area contributed by atoms with Crippen molar-refractivity contribution in [2.24, 2.45) is 0 Å². The van der Waals surface area contributed by atoms with Crippen LogP contribution in [0.3, 0.4) is 0 Å². The third kappa shape index (κ3) is 4.81. The summed E-state index contributed by atoms with van der Waals surface area (Å²) in [7, 11) is -4.02. The number of rotatable bonds is 5. The number of benzene rings is 1. The van der Waals surface area contributed by atoms with E-state index in [9.17, 15) is 26.0 Å². The van der Waals surface area contributed by atoms with Gasteiger partial charge in [0.1, 0.15) is 11.6 Å². The molecule has 3 aromatic rings. The lowest BCUT2D eigenvalue weighted by Crippen LogP contribution is -2.61. The minimum atomic E-state index is -4.75. The van der Waals surface area contributed by atoms with E-state index in [0.29, 0.717) is 17.4 Å². The summed E-state index contributed by atoms with van der Waals surface area (Å²) >= 11 is 0. The van der Waals surface area contributed by atoms with Crippen LogP contribution >= 0.6 is 0 Å². The molecule has 6 nitrogen and oxygen atoms in total. The highest BCUT2D eigenvalue weighted by Crippen LogP contribution is 2.38. The maximum absolute atomic E-state index is 13.9. The Hall–Kier alpha value is -3.05. The molecule has 0 saturated carbocycles. The second kappa shape index (κ2) is 9.11. The number of alkyl halides is 3. The molecule has 5 heterocycles. The Morgan fingerprint density at radius 3 is 2.56 bits per heavy atom. The first-order valence-electron chi connectivity index (χ1n) is 11.5. The number of aromatic nitrogens is 2. The monoisotopic (exact) mass is 520 g/mol. The fourth-order valence-corrected chi connectivity index (χ4v) is 6.07. The highest BCUT2D eigenvalue weighted by molar-refractivity contribution is 7.90. The molecule has 3 fully saturated rings. The Balaban J connectivity index is 1.49. The topological polar surface area (TPSA) is 75.2 Å². The van der Waals surface area contributed by atoms with Gasteiger partial charge in [0.05, 0.1) is 22.7 Å². The standard InChI is InChI=1S/C25H24F4N4O2S/c1-15-5-6-16(26)11-20(15)24-21(25(27,28)29)10-8-18(31-24)14-36(34,35)23-4-2-3-22(32-23)33-13-17-7-9-19(33)12-30-17/h2-6,8,10-11,17,19,30H,7,9,12-14H2,1H3. The molecule has 0 amide bonds. The van der Waals surface area contributed by atoms with Crippen molar-refractivity contribution in [3.05, 3.63) is 71.2 Å². The summed E-state index contributed by atoms with van der Waals surface area (Å²) in [5.41, 5.74) is -1.32. The van der Waals surface area contributed by atoms with E-state index in [-0.39, 0.29) is 22.3 Å². The first-order valence-corrected chi connectivity index (χ1v) is 13.2. The van der Waals surface area contributed by atoms with Crippen LogP contribution in [0, 0.1) is 12.7 Å². The average molecular weight is 521 g/mol. The van der Waals surface area contributed by atoms with Crippen LogP contribution in [0.4, 0.5) is 23.4 Å². The summed E-state index contributed by atoms with van der Waals surface area (Å²) in [5.74, 6) is -0.800. The Kier molecular flexibility index (Phi) is 6.24. The minimum Gasteiger partial charge on any atom is -0.351 e. The number of piperidine rings is 2. The van der Waals surface area contributed by atoms with Crippen molar-refractivity contribution in [2.75, 3.05) is 18.0 Å². The number of nitrogens with one attached hydrogen (secondary N) is 1. The van der Waals surface area contributed by atoms with Gasteiger partial charge in [-0.3, -0.25) is 4.98 Å². The summed E-state index contributed by atoms with van der Waals surface area (Å²) < 4.78 is 81.5. The normalized spacial score (nSPS) is 20.1. The van der Waals surface area contributed by atoms with Gasteiger partial charge < -0.3 is 10.2 Å². The number of pyridine rings is 2. The molecule has 3 aliphatic heterocycles. The van der Waals surface area contributed by atoms with Gasteiger partial charge in [0.2, 0.25) is 9.84 Å². The quantitative estimate of drug-likeness (QED) is 0.499. The van der Waals surface area contributed by atoms with Gasteiger partial charge in [-0.15, -0.1) is 0 Å². The molecule has 2 unspecified atom stereocenters. The van der Waals surface area contributed by atoms with Crippen molar-refractivity contribution in [3.8, 4) is 11.3 Å². The van der Waals surface area contributed by atoms with Gasteiger partial charge in [-0.1, -0.05) is 12.1 Å². The van der Waals surface area contributed by atoms with Crippen LogP contribution in [0.5, 0.6) is 0 Å². The number of anilines is 1. The Labute approximate surface area is 206 Å². The van der Waals surface area contributed by atoms with Gasteiger partial charge in [0.25, 0.3) is 0 Å². The van der Waals surface area contributed by atoms with Crippen molar-refractivity contribution < 1.29 is 26.0 Å². The van der Waals surface area contributed by atoms with E-state index in [2.05, 4.69) is 20.2 Å². The van der Waals surface area contributed by atoms with Gasteiger partial charge in [0, 0.05) is 30.7 Å². The number of nitrogens with zero attached hydrogens (tertiary/aromatic N) is 3. The van der Waals surface area contributed by atoms with Crippen LogP contribution in [0.15, 0.2) is 53.6 Å². The lowest BCUT2D eigenvalue weighted by atomic mass is 9.93. The molecule has 2 bridgehead atoms. The minimum absolute atomic E-state index is 0.0459. The molecular formula is C25H24F4N4O2S. The van der Waals surface area contributed by atoms with Crippen LogP contribution in [-0.4, -0.2) is 43.6 Å². The zero-order chi connectivity index (χ0) is 25.7. The maximum atomic E-state index is 13.9. The molecule has 3 saturated heterocycles. The van der Waals surface area contributed by atoms with Crippen LogP contribution in [0.2, 0.25) is 0 Å². The second-order valence-corrected chi connectivity index (χ2v) is 11.2. The van der Waals surface area contributed by atoms with Gasteiger partial charge in [0.15, 0.2) is 5.03 Å². The fourth-order valence-electron chi connectivity index (χ4n) is 4.86. The van der Waals surface area contributed by atoms with Crippen molar-refractivity contribution in [1.82, 2.24) is 15.3 Å². The highest BCUT2D eigenvalue weighted by atomic mass is 32.2. The summed E-state index contributed by atoms with van der Waals surface area (Å²) in [6, 6.07) is 10.6. The zero-order valence-electron chi connectivity index (χ0n) is 19.4. The maximum Gasteiger partial charge on any atom is 0.418 e. The molecule has 36 heavy (non-hydrogen) atoms. The van der Waals surface area contributed by atoms with Gasteiger partial charge in [-0.2, -0.15) is 13.2 Å². The number of fused-ring (bicyclic) bond motifs is 3. The van der Waals surface area contributed by atoms with Crippen LogP contribution in [-0.2, 0) is 21.8 Å². The lowest BCUT2D eigenvalue weighted by molar-refractivity contribution is -0.137. The van der Waals surface area contributed by atoms with Gasteiger partial charge >= 0.3 is 6.18 Å².